The molecule has 33 heavy (non-hydrogen) atoms. The van der Waals surface area contributed by atoms with E-state index in [-0.39, 0.29) is 0 Å². The van der Waals surface area contributed by atoms with Gasteiger partial charge >= 0.3 is 0 Å². The molecule has 5 heteroatoms. The molecule has 5 aromatic rings. The predicted octanol–water partition coefficient (Wildman–Crippen LogP) is 8.23. The summed E-state index contributed by atoms with van der Waals surface area (Å²) in [4.78, 5) is 0. The molecule has 0 spiro atoms. The molecule has 0 aliphatic heterocycles. The van der Waals surface area contributed by atoms with Crippen LogP contribution in [0.25, 0.3) is 43.8 Å². The van der Waals surface area contributed by atoms with Crippen LogP contribution in [-0.4, -0.2) is 14.2 Å². The number of nitrogen functional groups attached to an aromatic ring is 1. The largest absolute Gasteiger partial charge is 0.496 e. The molecule has 5 aromatic carbocycles. The lowest BCUT2D eigenvalue weighted by Crippen LogP contribution is -1.99. The number of hydrogen-bond acceptors (Lipinski definition) is 3. The van der Waals surface area contributed by atoms with Gasteiger partial charge in [-0.15, -0.1) is 0 Å². The Hall–Kier alpha value is -3.40. The Morgan fingerprint density at radius 1 is 0.606 bits per heavy atom. The first-order valence-corrected chi connectivity index (χ1v) is 11.2. The number of halogens is 2. The van der Waals surface area contributed by atoms with Crippen molar-refractivity contribution in [2.24, 2.45) is 0 Å². The second-order valence-electron chi connectivity index (χ2n) is 7.74. The van der Waals surface area contributed by atoms with Gasteiger partial charge in [0.1, 0.15) is 11.5 Å². The van der Waals surface area contributed by atoms with Crippen molar-refractivity contribution < 1.29 is 9.47 Å². The van der Waals surface area contributed by atoms with E-state index >= 15 is 0 Å². The van der Waals surface area contributed by atoms with Crippen molar-refractivity contribution in [3.63, 3.8) is 0 Å². The number of nitrogens with two attached hydrogens (primary N) is 1. The van der Waals surface area contributed by atoms with Crippen LogP contribution in [-0.2, 0) is 0 Å². The molecule has 2 N–H and O–H groups in total. The normalized spacial score (nSPS) is 11.2. The van der Waals surface area contributed by atoms with Crippen LogP contribution in [0.4, 0.5) is 5.69 Å². The third-order valence-electron chi connectivity index (χ3n) is 5.98. The molecule has 5 rings (SSSR count). The average Bonchev–Trinajstić information content (AvgIpc) is 2.85. The first-order chi connectivity index (χ1) is 16.0. The maximum Gasteiger partial charge on any atom is 0.128 e. The minimum absolute atomic E-state index is 0.545. The van der Waals surface area contributed by atoms with Crippen molar-refractivity contribution in [2.45, 2.75) is 0 Å². The number of anilines is 1. The van der Waals surface area contributed by atoms with Gasteiger partial charge in [-0.25, -0.2) is 0 Å². The number of methoxy groups -OCH3 is 2. The van der Waals surface area contributed by atoms with Gasteiger partial charge in [-0.05, 0) is 22.9 Å². The molecular weight excluding hydrogens is 453 g/mol. The summed E-state index contributed by atoms with van der Waals surface area (Å²) in [5.74, 6) is 1.30. The van der Waals surface area contributed by atoms with Crippen LogP contribution in [0.3, 0.4) is 0 Å². The van der Waals surface area contributed by atoms with E-state index in [2.05, 4.69) is 0 Å². The Morgan fingerprint density at radius 3 is 1.45 bits per heavy atom. The van der Waals surface area contributed by atoms with Crippen LogP contribution in [0, 0.1) is 0 Å². The standard InChI is InChI=1S/C28H21Cl2NO2/c1-32-22-14-16-8-3-5-10-18(16)26(29)24(22)20-12-7-13-21(28(20)31)25-23(33-2)15-17-9-4-6-11-19(17)27(25)30/h3-15H,31H2,1-2H3. The summed E-state index contributed by atoms with van der Waals surface area (Å²) in [7, 11) is 3.26. The van der Waals surface area contributed by atoms with Crippen molar-refractivity contribution in [2.75, 3.05) is 20.0 Å². The Kier molecular flexibility index (Phi) is 5.53. The zero-order valence-corrected chi connectivity index (χ0v) is 19.7. The molecule has 0 aliphatic rings. The van der Waals surface area contributed by atoms with Gasteiger partial charge in [-0.2, -0.15) is 0 Å². The number of para-hydroxylation sites is 1. The summed E-state index contributed by atoms with van der Waals surface area (Å²) in [5.41, 5.74) is 10.4. The number of benzene rings is 5. The van der Waals surface area contributed by atoms with E-state index in [0.717, 1.165) is 43.8 Å². The van der Waals surface area contributed by atoms with E-state index in [9.17, 15) is 0 Å². The lowest BCUT2D eigenvalue weighted by atomic mass is 9.92. The SMILES string of the molecule is COc1cc2ccccc2c(Cl)c1-c1cccc(-c2c(OC)cc3ccccc3c2Cl)c1N. The highest BCUT2D eigenvalue weighted by Gasteiger charge is 2.22. The van der Waals surface area contributed by atoms with Crippen molar-refractivity contribution in [3.8, 4) is 33.8 Å². The third kappa shape index (κ3) is 3.45. The topological polar surface area (TPSA) is 44.5 Å². The summed E-state index contributed by atoms with van der Waals surface area (Å²) in [5, 5.41) is 5.03. The Bertz CT molecular complexity index is 1420. The lowest BCUT2D eigenvalue weighted by Gasteiger charge is -2.19. The summed E-state index contributed by atoms with van der Waals surface area (Å²) < 4.78 is 11.4. The predicted molar refractivity (Wildman–Crippen MR) is 140 cm³/mol. The summed E-state index contributed by atoms with van der Waals surface area (Å²) in [6, 6.07) is 25.6. The van der Waals surface area contributed by atoms with Crippen LogP contribution in [0.5, 0.6) is 11.5 Å². The minimum atomic E-state index is 0.545. The van der Waals surface area contributed by atoms with E-state index in [4.69, 9.17) is 38.4 Å². The maximum absolute atomic E-state index is 6.91. The molecule has 0 atom stereocenters. The lowest BCUT2D eigenvalue weighted by molar-refractivity contribution is 0.417. The second-order valence-corrected chi connectivity index (χ2v) is 8.50. The molecule has 0 aromatic heterocycles. The van der Waals surface area contributed by atoms with Crippen molar-refractivity contribution in [1.82, 2.24) is 0 Å². The highest BCUT2D eigenvalue weighted by Crippen LogP contribution is 2.49. The molecule has 3 nitrogen and oxygen atoms in total. The summed E-state index contributed by atoms with van der Waals surface area (Å²) >= 11 is 13.8. The van der Waals surface area contributed by atoms with Gasteiger partial charge in [0.2, 0.25) is 0 Å². The second kappa shape index (κ2) is 8.51. The van der Waals surface area contributed by atoms with Gasteiger partial charge in [0.05, 0.1) is 24.3 Å². The van der Waals surface area contributed by atoms with Gasteiger partial charge in [-0.3, -0.25) is 0 Å². The van der Waals surface area contributed by atoms with E-state index in [1.165, 1.54) is 0 Å². The molecule has 0 fully saturated rings. The zero-order valence-electron chi connectivity index (χ0n) is 18.2. The van der Waals surface area contributed by atoms with E-state index in [1.54, 1.807) is 14.2 Å². The van der Waals surface area contributed by atoms with Gasteiger partial charge in [0.15, 0.2) is 0 Å². The first kappa shape index (κ1) is 21.4. The highest BCUT2D eigenvalue weighted by molar-refractivity contribution is 6.40. The van der Waals surface area contributed by atoms with Crippen LogP contribution in [0.2, 0.25) is 10.0 Å². The van der Waals surface area contributed by atoms with Gasteiger partial charge < -0.3 is 15.2 Å². The zero-order chi connectivity index (χ0) is 23.1. The number of rotatable bonds is 4. The molecule has 0 saturated carbocycles. The molecule has 164 valence electrons. The molecule has 0 bridgehead atoms. The molecule has 0 aliphatic carbocycles. The highest BCUT2D eigenvalue weighted by atomic mass is 35.5. The van der Waals surface area contributed by atoms with E-state index in [0.29, 0.717) is 27.2 Å². The van der Waals surface area contributed by atoms with Crippen molar-refractivity contribution in [3.05, 3.63) is 88.9 Å². The van der Waals surface area contributed by atoms with E-state index in [1.807, 2.05) is 78.9 Å². The van der Waals surface area contributed by atoms with Crippen LogP contribution < -0.4 is 15.2 Å². The Balaban J connectivity index is 1.81. The smallest absolute Gasteiger partial charge is 0.128 e. The minimum Gasteiger partial charge on any atom is -0.496 e. The van der Waals surface area contributed by atoms with Gasteiger partial charge in [0, 0.05) is 38.7 Å². The fraction of sp³-hybridized carbons (Fsp3) is 0.0714. The van der Waals surface area contributed by atoms with Gasteiger partial charge in [0.25, 0.3) is 0 Å². The maximum atomic E-state index is 6.91. The first-order valence-electron chi connectivity index (χ1n) is 10.4. The molecule has 0 amide bonds. The average molecular weight is 474 g/mol. The molecular formula is C28H21Cl2NO2. The van der Waals surface area contributed by atoms with Crippen LogP contribution in [0.15, 0.2) is 78.9 Å². The number of hydrogen-bond donors (Lipinski definition) is 1. The van der Waals surface area contributed by atoms with Crippen LogP contribution >= 0.6 is 23.2 Å². The van der Waals surface area contributed by atoms with Crippen molar-refractivity contribution in [1.29, 1.82) is 0 Å². The quantitative estimate of drug-likeness (QED) is 0.267. The molecule has 0 unspecified atom stereocenters. The monoisotopic (exact) mass is 473 g/mol. The van der Waals surface area contributed by atoms with Gasteiger partial charge in [-0.1, -0.05) is 89.9 Å². The van der Waals surface area contributed by atoms with E-state index < -0.39 is 0 Å². The molecule has 0 heterocycles. The fourth-order valence-corrected chi connectivity index (χ4v) is 5.12. The fourth-order valence-electron chi connectivity index (χ4n) is 4.38. The Labute approximate surface area is 202 Å². The molecule has 0 radical (unpaired) electrons. The summed E-state index contributed by atoms with van der Waals surface area (Å²) in [6.07, 6.45) is 0. The third-order valence-corrected chi connectivity index (χ3v) is 6.77. The van der Waals surface area contributed by atoms with Crippen LogP contribution in [0.1, 0.15) is 0 Å². The number of fused-ring (bicyclic) bond motifs is 2. The Morgan fingerprint density at radius 2 is 1.03 bits per heavy atom. The van der Waals surface area contributed by atoms with Crippen molar-refractivity contribution >= 4 is 50.4 Å². The summed E-state index contributed by atoms with van der Waals surface area (Å²) in [6.45, 7) is 0. The molecule has 0 saturated heterocycles. The number of ether oxygens (including phenoxy) is 2.